The van der Waals surface area contributed by atoms with Gasteiger partial charge in [0.25, 0.3) is 0 Å². The highest BCUT2D eigenvalue weighted by molar-refractivity contribution is 6.31. The van der Waals surface area contributed by atoms with Crippen molar-refractivity contribution in [1.82, 2.24) is 0 Å². The molecule has 2 aromatic carbocycles. The van der Waals surface area contributed by atoms with E-state index in [1.54, 1.807) is 24.3 Å². The topological polar surface area (TPSA) is 104 Å². The highest BCUT2D eigenvalue weighted by Crippen LogP contribution is 2.36. The lowest BCUT2D eigenvalue weighted by Crippen LogP contribution is -2.23. The van der Waals surface area contributed by atoms with Crippen LogP contribution in [0.2, 0.25) is 0 Å². The number of ketones is 2. The van der Waals surface area contributed by atoms with E-state index in [0.29, 0.717) is 5.69 Å². The number of aromatic hydroxyl groups is 1. The molecule has 116 valence electrons. The van der Waals surface area contributed by atoms with Crippen molar-refractivity contribution in [3.8, 4) is 5.75 Å². The van der Waals surface area contributed by atoms with Crippen LogP contribution in [0.3, 0.4) is 0 Å². The number of carbonyl (C=O) groups excluding carboxylic acids is 2. The molecular weight excluding hydrogens is 298 g/mol. The Morgan fingerprint density at radius 3 is 2.17 bits per heavy atom. The van der Waals surface area contributed by atoms with Crippen molar-refractivity contribution in [2.24, 2.45) is 0 Å². The fraction of sp³-hybridized carbons (Fsp3) is 0.118. The van der Waals surface area contributed by atoms with Crippen molar-refractivity contribution in [2.45, 2.75) is 6.42 Å². The molecule has 6 nitrogen and oxygen atoms in total. The number of carboxylic acid groups (broad SMARTS) is 1. The van der Waals surface area contributed by atoms with Gasteiger partial charge in [0.2, 0.25) is 0 Å². The number of nitrogens with one attached hydrogen (secondary N) is 1. The first-order chi connectivity index (χ1) is 11.0. The Bertz CT molecular complexity index is 841. The van der Waals surface area contributed by atoms with Crippen molar-refractivity contribution in [2.75, 3.05) is 11.9 Å². The number of hydrogen-bond donors (Lipinski definition) is 3. The van der Waals surface area contributed by atoms with E-state index in [4.69, 9.17) is 5.11 Å². The molecule has 0 saturated heterocycles. The van der Waals surface area contributed by atoms with Gasteiger partial charge in [-0.3, -0.25) is 14.4 Å². The van der Waals surface area contributed by atoms with Crippen LogP contribution in [-0.4, -0.2) is 34.3 Å². The average Bonchev–Trinajstić information content (AvgIpc) is 2.53. The number of anilines is 1. The van der Waals surface area contributed by atoms with Crippen LogP contribution in [0.25, 0.3) is 0 Å². The zero-order valence-electron chi connectivity index (χ0n) is 12.0. The number of carboxylic acids is 1. The van der Waals surface area contributed by atoms with Crippen LogP contribution in [0, 0.1) is 0 Å². The van der Waals surface area contributed by atoms with Crippen LogP contribution < -0.4 is 5.32 Å². The summed E-state index contributed by atoms with van der Waals surface area (Å²) < 4.78 is 0. The molecular formula is C17H13NO5. The summed E-state index contributed by atoms with van der Waals surface area (Å²) in [5.74, 6) is -2.03. The molecule has 0 bridgehead atoms. The number of phenolic OH excluding ortho intramolecular Hbond substituents is 1. The molecule has 3 N–H and O–H groups in total. The Kier molecular flexibility index (Phi) is 3.57. The van der Waals surface area contributed by atoms with E-state index < -0.39 is 11.8 Å². The Balaban J connectivity index is 2.09. The Morgan fingerprint density at radius 2 is 1.57 bits per heavy atom. The quantitative estimate of drug-likeness (QED) is 0.637. The van der Waals surface area contributed by atoms with E-state index >= 15 is 0 Å². The van der Waals surface area contributed by atoms with E-state index in [1.807, 2.05) is 0 Å². The fourth-order valence-corrected chi connectivity index (χ4v) is 2.66. The second-order valence-electron chi connectivity index (χ2n) is 5.16. The third-order valence-electron chi connectivity index (χ3n) is 3.71. The normalized spacial score (nSPS) is 12.5. The van der Waals surface area contributed by atoms with Crippen LogP contribution in [0.1, 0.15) is 38.3 Å². The first kappa shape index (κ1) is 14.8. The molecule has 0 aliphatic heterocycles. The SMILES string of the molecule is O=C(O)CCNc1ccc(O)c2c1C(=O)c1ccccc1C2=O. The lowest BCUT2D eigenvalue weighted by Gasteiger charge is -2.21. The van der Waals surface area contributed by atoms with Crippen molar-refractivity contribution in [3.05, 3.63) is 58.7 Å². The minimum atomic E-state index is -0.974. The summed E-state index contributed by atoms with van der Waals surface area (Å²) in [6.45, 7) is 0.107. The summed E-state index contributed by atoms with van der Waals surface area (Å²) in [6, 6.07) is 9.21. The van der Waals surface area contributed by atoms with Gasteiger partial charge in [0, 0.05) is 23.4 Å². The van der Waals surface area contributed by atoms with Gasteiger partial charge in [-0.15, -0.1) is 0 Å². The van der Waals surface area contributed by atoms with Crippen molar-refractivity contribution in [1.29, 1.82) is 0 Å². The van der Waals surface area contributed by atoms with Gasteiger partial charge in [-0.25, -0.2) is 0 Å². The number of hydrogen-bond acceptors (Lipinski definition) is 5. The summed E-state index contributed by atoms with van der Waals surface area (Å²) >= 11 is 0. The standard InChI is InChI=1S/C17H13NO5/c19-12-6-5-11(18-8-7-13(20)21)14-15(12)17(23)10-4-2-1-3-9(10)16(14)22/h1-6,18-19H,7-8H2,(H,20,21). The molecule has 0 saturated carbocycles. The van der Waals surface area contributed by atoms with Gasteiger partial charge in [0.05, 0.1) is 17.5 Å². The summed E-state index contributed by atoms with van der Waals surface area (Å²) in [5, 5.41) is 21.6. The molecule has 1 aliphatic rings. The zero-order valence-corrected chi connectivity index (χ0v) is 12.0. The molecule has 0 unspecified atom stereocenters. The van der Waals surface area contributed by atoms with Gasteiger partial charge in [-0.2, -0.15) is 0 Å². The number of fused-ring (bicyclic) bond motifs is 2. The number of aliphatic carboxylic acids is 1. The summed E-state index contributed by atoms with van der Waals surface area (Å²) in [5.41, 5.74) is 0.903. The maximum absolute atomic E-state index is 12.7. The number of carbonyl (C=O) groups is 3. The Morgan fingerprint density at radius 1 is 0.957 bits per heavy atom. The summed E-state index contributed by atoms with van der Waals surface area (Å²) in [6.07, 6.45) is -0.131. The smallest absolute Gasteiger partial charge is 0.305 e. The van der Waals surface area contributed by atoms with Gasteiger partial charge in [0.1, 0.15) is 5.75 Å². The van der Waals surface area contributed by atoms with E-state index in [0.717, 1.165) is 0 Å². The highest BCUT2D eigenvalue weighted by atomic mass is 16.4. The molecule has 0 heterocycles. The lowest BCUT2D eigenvalue weighted by atomic mass is 9.82. The monoisotopic (exact) mass is 311 g/mol. The zero-order chi connectivity index (χ0) is 16.6. The molecule has 2 aromatic rings. The lowest BCUT2D eigenvalue weighted by molar-refractivity contribution is -0.136. The molecule has 0 radical (unpaired) electrons. The molecule has 3 rings (SSSR count). The number of phenols is 1. The van der Waals surface area contributed by atoms with Crippen molar-refractivity contribution < 1.29 is 24.6 Å². The number of benzene rings is 2. The first-order valence-corrected chi connectivity index (χ1v) is 7.00. The van der Waals surface area contributed by atoms with Gasteiger partial charge in [-0.05, 0) is 12.1 Å². The fourth-order valence-electron chi connectivity index (χ4n) is 2.66. The van der Waals surface area contributed by atoms with Gasteiger partial charge < -0.3 is 15.5 Å². The van der Waals surface area contributed by atoms with Gasteiger partial charge >= 0.3 is 5.97 Å². The predicted octanol–water partition coefficient (Wildman–Crippen LogP) is 2.05. The Hall–Kier alpha value is -3.15. The van der Waals surface area contributed by atoms with E-state index in [9.17, 15) is 19.5 Å². The van der Waals surface area contributed by atoms with Crippen LogP contribution >= 0.6 is 0 Å². The molecule has 0 atom stereocenters. The van der Waals surface area contributed by atoms with Crippen molar-refractivity contribution >= 4 is 23.2 Å². The maximum atomic E-state index is 12.7. The van der Waals surface area contributed by atoms with E-state index in [2.05, 4.69) is 5.32 Å². The van der Waals surface area contributed by atoms with Crippen LogP contribution in [-0.2, 0) is 4.79 Å². The van der Waals surface area contributed by atoms with E-state index in [1.165, 1.54) is 12.1 Å². The summed E-state index contributed by atoms with van der Waals surface area (Å²) in [4.78, 5) is 35.9. The molecule has 0 amide bonds. The van der Waals surface area contributed by atoms with Gasteiger partial charge in [-0.1, -0.05) is 24.3 Å². The van der Waals surface area contributed by atoms with Crippen LogP contribution in [0.15, 0.2) is 36.4 Å². The van der Waals surface area contributed by atoms with Gasteiger partial charge in [0.15, 0.2) is 11.6 Å². The minimum absolute atomic E-state index is 0.0472. The second-order valence-corrected chi connectivity index (χ2v) is 5.16. The molecule has 0 fully saturated rings. The summed E-state index contributed by atoms with van der Waals surface area (Å²) in [7, 11) is 0. The minimum Gasteiger partial charge on any atom is -0.507 e. The third-order valence-corrected chi connectivity index (χ3v) is 3.71. The Labute approximate surface area is 131 Å². The van der Waals surface area contributed by atoms with E-state index in [-0.39, 0.29) is 46.8 Å². The third kappa shape index (κ3) is 2.44. The molecule has 1 aliphatic carbocycles. The average molecular weight is 311 g/mol. The molecule has 23 heavy (non-hydrogen) atoms. The van der Waals surface area contributed by atoms with Crippen LogP contribution in [0.5, 0.6) is 5.75 Å². The number of rotatable bonds is 4. The molecule has 0 spiro atoms. The largest absolute Gasteiger partial charge is 0.507 e. The predicted molar refractivity (Wildman–Crippen MR) is 82.2 cm³/mol. The molecule has 0 aromatic heterocycles. The second kappa shape index (κ2) is 5.57. The first-order valence-electron chi connectivity index (χ1n) is 7.00. The molecule has 6 heteroatoms. The highest BCUT2D eigenvalue weighted by Gasteiger charge is 2.33. The van der Waals surface area contributed by atoms with Crippen molar-refractivity contribution in [3.63, 3.8) is 0 Å². The van der Waals surface area contributed by atoms with Crippen LogP contribution in [0.4, 0.5) is 5.69 Å². The maximum Gasteiger partial charge on any atom is 0.305 e.